The van der Waals surface area contributed by atoms with Crippen molar-refractivity contribution >= 4 is 15.7 Å². The molecule has 0 atom stereocenters. The molecule has 0 amide bonds. The smallest absolute Gasteiger partial charge is 0.235 e. The summed E-state index contributed by atoms with van der Waals surface area (Å²) in [7, 11) is -3.23. The Balaban J connectivity index is 2.03. The van der Waals surface area contributed by atoms with Crippen molar-refractivity contribution in [3.05, 3.63) is 29.8 Å². The van der Waals surface area contributed by atoms with Crippen molar-refractivity contribution in [2.24, 2.45) is 0 Å². The second-order valence-corrected chi connectivity index (χ2v) is 7.75. The van der Waals surface area contributed by atoms with Crippen LogP contribution in [0.3, 0.4) is 0 Å². The van der Waals surface area contributed by atoms with Gasteiger partial charge in [0.15, 0.2) is 0 Å². The highest BCUT2D eigenvalue weighted by atomic mass is 32.2. The van der Waals surface area contributed by atoms with E-state index in [9.17, 15) is 8.42 Å². The van der Waals surface area contributed by atoms with Gasteiger partial charge in [0, 0.05) is 18.3 Å². The van der Waals surface area contributed by atoms with Gasteiger partial charge in [-0.05, 0) is 30.5 Å². The minimum Gasteiger partial charge on any atom is -0.310 e. The van der Waals surface area contributed by atoms with Crippen molar-refractivity contribution in [1.29, 1.82) is 0 Å². The predicted octanol–water partition coefficient (Wildman–Crippen LogP) is 2.87. The van der Waals surface area contributed by atoms with Crippen LogP contribution in [0.5, 0.6) is 0 Å². The average Bonchev–Trinajstić information content (AvgIpc) is 2.91. The fourth-order valence-corrected chi connectivity index (χ4v) is 4.09. The van der Waals surface area contributed by atoms with E-state index in [-0.39, 0.29) is 5.25 Å². The van der Waals surface area contributed by atoms with Gasteiger partial charge in [0.2, 0.25) is 10.0 Å². The van der Waals surface area contributed by atoms with Gasteiger partial charge in [-0.2, -0.15) is 0 Å². The summed E-state index contributed by atoms with van der Waals surface area (Å²) in [6, 6.07) is 8.02. The third kappa shape index (κ3) is 4.21. The second kappa shape index (κ2) is 6.59. The zero-order valence-corrected chi connectivity index (χ0v) is 13.0. The van der Waals surface area contributed by atoms with Crippen molar-refractivity contribution in [3.8, 4) is 0 Å². The quantitative estimate of drug-likeness (QED) is 0.848. The lowest BCUT2D eigenvalue weighted by Gasteiger charge is -2.14. The number of nitrogens with one attached hydrogen (secondary N) is 2. The molecule has 1 fully saturated rings. The molecule has 112 valence electrons. The lowest BCUT2D eigenvalue weighted by Crippen LogP contribution is -2.25. The highest BCUT2D eigenvalue weighted by Gasteiger charge is 2.28. The van der Waals surface area contributed by atoms with Crippen LogP contribution < -0.4 is 10.0 Å². The van der Waals surface area contributed by atoms with Crippen molar-refractivity contribution in [1.82, 2.24) is 5.32 Å². The second-order valence-electron chi connectivity index (χ2n) is 5.79. The zero-order chi connectivity index (χ0) is 14.6. The summed E-state index contributed by atoms with van der Waals surface area (Å²) in [6.45, 7) is 4.93. The van der Waals surface area contributed by atoms with Crippen LogP contribution in [-0.2, 0) is 16.6 Å². The van der Waals surface area contributed by atoms with E-state index in [2.05, 4.69) is 23.9 Å². The molecule has 1 saturated carbocycles. The van der Waals surface area contributed by atoms with Crippen LogP contribution in [0, 0.1) is 0 Å². The maximum atomic E-state index is 12.3. The van der Waals surface area contributed by atoms with E-state index in [1.54, 1.807) is 0 Å². The number of benzene rings is 1. The number of sulfonamides is 1. The van der Waals surface area contributed by atoms with Gasteiger partial charge in [-0.25, -0.2) is 8.42 Å². The SMILES string of the molecule is CC(C)NCc1cccc(NS(=O)(=O)C2CCCC2)c1. The summed E-state index contributed by atoms with van der Waals surface area (Å²) in [4.78, 5) is 0. The molecule has 0 aromatic heterocycles. The summed E-state index contributed by atoms with van der Waals surface area (Å²) in [5.41, 5.74) is 1.75. The summed E-state index contributed by atoms with van der Waals surface area (Å²) in [5.74, 6) is 0. The fourth-order valence-electron chi connectivity index (χ4n) is 2.51. The van der Waals surface area contributed by atoms with E-state index in [4.69, 9.17) is 0 Å². The Kier molecular flexibility index (Phi) is 5.05. The monoisotopic (exact) mass is 296 g/mol. The molecular formula is C15H24N2O2S. The Morgan fingerprint density at radius 2 is 1.95 bits per heavy atom. The maximum Gasteiger partial charge on any atom is 0.235 e. The summed E-state index contributed by atoms with van der Waals surface area (Å²) >= 11 is 0. The minimum atomic E-state index is -3.23. The molecule has 1 aliphatic carbocycles. The van der Waals surface area contributed by atoms with E-state index in [0.717, 1.165) is 37.8 Å². The average molecular weight is 296 g/mol. The van der Waals surface area contributed by atoms with Gasteiger partial charge in [0.25, 0.3) is 0 Å². The highest BCUT2D eigenvalue weighted by molar-refractivity contribution is 7.93. The lowest BCUT2D eigenvalue weighted by atomic mass is 10.2. The first-order chi connectivity index (χ1) is 9.47. The van der Waals surface area contributed by atoms with E-state index in [0.29, 0.717) is 11.7 Å². The summed E-state index contributed by atoms with van der Waals surface area (Å²) in [5, 5.41) is 3.11. The number of rotatable bonds is 6. The van der Waals surface area contributed by atoms with Crippen LogP contribution in [-0.4, -0.2) is 19.7 Å². The lowest BCUT2D eigenvalue weighted by molar-refractivity contribution is 0.584. The molecule has 1 aromatic carbocycles. The minimum absolute atomic E-state index is 0.222. The topological polar surface area (TPSA) is 58.2 Å². The van der Waals surface area contributed by atoms with Gasteiger partial charge in [-0.3, -0.25) is 4.72 Å². The zero-order valence-electron chi connectivity index (χ0n) is 12.2. The van der Waals surface area contributed by atoms with Crippen LogP contribution >= 0.6 is 0 Å². The molecule has 20 heavy (non-hydrogen) atoms. The van der Waals surface area contributed by atoms with Gasteiger partial charge in [-0.15, -0.1) is 0 Å². The van der Waals surface area contributed by atoms with Gasteiger partial charge in [0.05, 0.1) is 5.25 Å². The molecule has 0 saturated heterocycles. The van der Waals surface area contributed by atoms with Crippen LogP contribution in [0.4, 0.5) is 5.69 Å². The predicted molar refractivity (Wildman–Crippen MR) is 83.2 cm³/mol. The van der Waals surface area contributed by atoms with Crippen molar-refractivity contribution in [2.75, 3.05) is 4.72 Å². The van der Waals surface area contributed by atoms with Crippen molar-refractivity contribution in [2.45, 2.75) is 57.4 Å². The molecule has 0 unspecified atom stereocenters. The number of hydrogen-bond donors (Lipinski definition) is 2. The number of anilines is 1. The summed E-state index contributed by atoms with van der Waals surface area (Å²) < 4.78 is 27.2. The van der Waals surface area contributed by atoms with E-state index >= 15 is 0 Å². The first kappa shape index (κ1) is 15.3. The Hall–Kier alpha value is -1.07. The van der Waals surface area contributed by atoms with Gasteiger partial charge in [-0.1, -0.05) is 38.8 Å². The van der Waals surface area contributed by atoms with Crippen LogP contribution in [0.25, 0.3) is 0 Å². The Labute approximate surface area is 122 Å². The molecular weight excluding hydrogens is 272 g/mol. The molecule has 0 spiro atoms. The maximum absolute atomic E-state index is 12.3. The molecule has 0 aliphatic heterocycles. The molecule has 4 nitrogen and oxygen atoms in total. The molecule has 5 heteroatoms. The largest absolute Gasteiger partial charge is 0.310 e. The fraction of sp³-hybridized carbons (Fsp3) is 0.600. The standard InChI is InChI=1S/C15H24N2O2S/c1-12(2)16-11-13-6-5-7-14(10-13)17-20(18,19)15-8-3-4-9-15/h5-7,10,12,15-17H,3-4,8-9,11H2,1-2H3. The van der Waals surface area contributed by atoms with Crippen LogP contribution in [0.1, 0.15) is 45.1 Å². The molecule has 0 radical (unpaired) electrons. The molecule has 0 bridgehead atoms. The van der Waals surface area contributed by atoms with Gasteiger partial charge in [0.1, 0.15) is 0 Å². The molecule has 1 aromatic rings. The van der Waals surface area contributed by atoms with Crippen molar-refractivity contribution in [3.63, 3.8) is 0 Å². The van der Waals surface area contributed by atoms with Gasteiger partial charge >= 0.3 is 0 Å². The Bertz CT molecular complexity index is 535. The first-order valence-corrected chi connectivity index (χ1v) is 8.86. The Morgan fingerprint density at radius 3 is 2.60 bits per heavy atom. The highest BCUT2D eigenvalue weighted by Crippen LogP contribution is 2.26. The molecule has 2 rings (SSSR count). The van der Waals surface area contributed by atoms with Crippen LogP contribution in [0.2, 0.25) is 0 Å². The molecule has 0 heterocycles. The van der Waals surface area contributed by atoms with Gasteiger partial charge < -0.3 is 5.32 Å². The van der Waals surface area contributed by atoms with E-state index in [1.165, 1.54) is 0 Å². The van der Waals surface area contributed by atoms with E-state index < -0.39 is 10.0 Å². The van der Waals surface area contributed by atoms with Crippen LogP contribution in [0.15, 0.2) is 24.3 Å². The van der Waals surface area contributed by atoms with E-state index in [1.807, 2.05) is 24.3 Å². The third-order valence-corrected chi connectivity index (χ3v) is 5.51. The molecule has 1 aliphatic rings. The first-order valence-electron chi connectivity index (χ1n) is 7.31. The molecule has 2 N–H and O–H groups in total. The number of hydrogen-bond acceptors (Lipinski definition) is 3. The Morgan fingerprint density at radius 1 is 1.25 bits per heavy atom. The van der Waals surface area contributed by atoms with Crippen molar-refractivity contribution < 1.29 is 8.42 Å². The third-order valence-electron chi connectivity index (χ3n) is 3.64. The normalized spacial score (nSPS) is 16.8. The summed E-state index contributed by atoms with van der Waals surface area (Å²) in [6.07, 6.45) is 3.60.